The number of methoxy groups -OCH3 is 1. The Bertz CT molecular complexity index is 346. The van der Waals surface area contributed by atoms with Crippen LogP contribution < -0.4 is 4.74 Å². The molecule has 0 atom stereocenters. The Morgan fingerprint density at radius 3 is 2.69 bits per heavy atom. The average molecular weight is 182 g/mol. The summed E-state index contributed by atoms with van der Waals surface area (Å²) in [7, 11) is 1.44. The van der Waals surface area contributed by atoms with Crippen LogP contribution in [0.2, 0.25) is 0 Å². The molecule has 1 aliphatic heterocycles. The van der Waals surface area contributed by atoms with Crippen LogP contribution in [-0.2, 0) is 18.0 Å². The number of benzene rings is 1. The molecule has 0 amide bonds. The number of aromatic hydroxyl groups is 2. The molecule has 2 rings (SSSR count). The van der Waals surface area contributed by atoms with Crippen LogP contribution in [0.25, 0.3) is 0 Å². The minimum atomic E-state index is 0.0628. The number of ether oxygens (including phenoxy) is 2. The van der Waals surface area contributed by atoms with Gasteiger partial charge in [0, 0.05) is 17.2 Å². The summed E-state index contributed by atoms with van der Waals surface area (Å²) in [5.41, 5.74) is 1.27. The van der Waals surface area contributed by atoms with Crippen LogP contribution in [0, 0.1) is 0 Å². The molecular weight excluding hydrogens is 172 g/mol. The zero-order valence-corrected chi connectivity index (χ0v) is 7.20. The summed E-state index contributed by atoms with van der Waals surface area (Å²) in [6, 6.07) is 1.39. The molecule has 0 spiro atoms. The Kier molecular flexibility index (Phi) is 1.77. The Morgan fingerprint density at radius 2 is 2.00 bits per heavy atom. The summed E-state index contributed by atoms with van der Waals surface area (Å²) in [4.78, 5) is 0. The zero-order chi connectivity index (χ0) is 9.42. The summed E-state index contributed by atoms with van der Waals surface area (Å²) in [5.74, 6) is 0.455. The predicted molar refractivity (Wildman–Crippen MR) is 44.8 cm³/mol. The molecule has 70 valence electrons. The number of hydrogen-bond acceptors (Lipinski definition) is 4. The van der Waals surface area contributed by atoms with Crippen LogP contribution in [0.1, 0.15) is 11.1 Å². The highest BCUT2D eigenvalue weighted by atomic mass is 16.5. The van der Waals surface area contributed by atoms with E-state index in [1.807, 2.05) is 0 Å². The molecule has 0 aromatic heterocycles. The van der Waals surface area contributed by atoms with Gasteiger partial charge in [-0.15, -0.1) is 0 Å². The quantitative estimate of drug-likeness (QED) is 0.639. The van der Waals surface area contributed by atoms with Crippen LogP contribution in [0.15, 0.2) is 6.07 Å². The van der Waals surface area contributed by atoms with Crippen LogP contribution in [0.4, 0.5) is 0 Å². The van der Waals surface area contributed by atoms with Gasteiger partial charge in [0.25, 0.3) is 0 Å². The number of rotatable bonds is 1. The van der Waals surface area contributed by atoms with Gasteiger partial charge < -0.3 is 19.7 Å². The van der Waals surface area contributed by atoms with Crippen LogP contribution in [0.3, 0.4) is 0 Å². The van der Waals surface area contributed by atoms with Crippen LogP contribution in [-0.4, -0.2) is 17.3 Å². The smallest absolute Gasteiger partial charge is 0.164 e. The van der Waals surface area contributed by atoms with E-state index in [-0.39, 0.29) is 17.2 Å². The first-order chi connectivity index (χ1) is 6.24. The van der Waals surface area contributed by atoms with E-state index in [2.05, 4.69) is 0 Å². The number of phenolic OH excluding ortho intramolecular Hbond substituents is 2. The van der Waals surface area contributed by atoms with Crippen LogP contribution in [0.5, 0.6) is 17.2 Å². The van der Waals surface area contributed by atoms with Crippen molar-refractivity contribution >= 4 is 0 Å². The molecule has 1 aromatic carbocycles. The fraction of sp³-hybridized carbons (Fsp3) is 0.333. The summed E-state index contributed by atoms with van der Waals surface area (Å²) in [5, 5.41) is 19.1. The second kappa shape index (κ2) is 2.81. The zero-order valence-electron chi connectivity index (χ0n) is 7.20. The van der Waals surface area contributed by atoms with E-state index < -0.39 is 0 Å². The predicted octanol–water partition coefficient (Wildman–Crippen LogP) is 1.14. The molecule has 0 radical (unpaired) electrons. The number of hydrogen-bond donors (Lipinski definition) is 2. The van der Waals surface area contributed by atoms with Gasteiger partial charge in [-0.05, 0) is 0 Å². The summed E-state index contributed by atoms with van der Waals surface area (Å²) in [6.45, 7) is 0.671. The standard InChI is InChI=1S/C9H10O4/c1-12-8-2-7(10)5-3-13-4-6(5)9(8)11/h2,10-11H,3-4H2,1H3. The topological polar surface area (TPSA) is 58.9 Å². The monoisotopic (exact) mass is 182 g/mol. The van der Waals surface area contributed by atoms with Gasteiger partial charge in [-0.25, -0.2) is 0 Å². The summed E-state index contributed by atoms with van der Waals surface area (Å²) < 4.78 is 9.99. The molecule has 4 nitrogen and oxygen atoms in total. The highest BCUT2D eigenvalue weighted by Crippen LogP contribution is 2.41. The van der Waals surface area contributed by atoms with E-state index in [0.717, 1.165) is 0 Å². The molecular formula is C9H10O4. The van der Waals surface area contributed by atoms with Crippen molar-refractivity contribution in [1.29, 1.82) is 0 Å². The Morgan fingerprint density at radius 1 is 1.31 bits per heavy atom. The third kappa shape index (κ3) is 1.10. The maximum Gasteiger partial charge on any atom is 0.164 e. The van der Waals surface area contributed by atoms with Gasteiger partial charge >= 0.3 is 0 Å². The molecule has 1 aliphatic rings. The minimum absolute atomic E-state index is 0.0628. The average Bonchev–Trinajstić information content (AvgIpc) is 2.60. The third-order valence-electron chi connectivity index (χ3n) is 2.17. The molecule has 1 aromatic rings. The van der Waals surface area contributed by atoms with Gasteiger partial charge in [0.05, 0.1) is 20.3 Å². The van der Waals surface area contributed by atoms with Crippen molar-refractivity contribution in [2.24, 2.45) is 0 Å². The molecule has 0 saturated carbocycles. The van der Waals surface area contributed by atoms with Gasteiger partial charge in [-0.1, -0.05) is 0 Å². The van der Waals surface area contributed by atoms with Gasteiger partial charge in [0.1, 0.15) is 5.75 Å². The van der Waals surface area contributed by atoms with E-state index in [0.29, 0.717) is 24.3 Å². The van der Waals surface area contributed by atoms with E-state index in [9.17, 15) is 10.2 Å². The van der Waals surface area contributed by atoms with Crippen LogP contribution >= 0.6 is 0 Å². The van der Waals surface area contributed by atoms with E-state index in [4.69, 9.17) is 9.47 Å². The molecule has 2 N–H and O–H groups in total. The molecule has 0 bridgehead atoms. The highest BCUT2D eigenvalue weighted by Gasteiger charge is 2.22. The summed E-state index contributed by atoms with van der Waals surface area (Å²) >= 11 is 0. The maximum atomic E-state index is 9.62. The maximum absolute atomic E-state index is 9.62. The lowest BCUT2D eigenvalue weighted by Gasteiger charge is -2.08. The van der Waals surface area contributed by atoms with Crippen molar-refractivity contribution in [3.05, 3.63) is 17.2 Å². The SMILES string of the molecule is COc1cc(O)c2c(c1O)COC2. The number of fused-ring (bicyclic) bond motifs is 1. The Balaban J connectivity index is 2.62. The normalized spacial score (nSPS) is 14.2. The highest BCUT2D eigenvalue weighted by molar-refractivity contribution is 5.56. The molecule has 0 fully saturated rings. The van der Waals surface area contributed by atoms with Gasteiger partial charge in [-0.3, -0.25) is 0 Å². The molecule has 4 heteroatoms. The van der Waals surface area contributed by atoms with Crippen molar-refractivity contribution in [1.82, 2.24) is 0 Å². The largest absolute Gasteiger partial charge is 0.507 e. The van der Waals surface area contributed by atoms with Gasteiger partial charge in [-0.2, -0.15) is 0 Å². The Hall–Kier alpha value is -1.42. The molecule has 0 unspecified atom stereocenters. The van der Waals surface area contributed by atoms with Gasteiger partial charge in [0.15, 0.2) is 11.5 Å². The Labute approximate surface area is 75.3 Å². The first kappa shape index (κ1) is 8.19. The molecule has 0 aliphatic carbocycles. The minimum Gasteiger partial charge on any atom is -0.507 e. The fourth-order valence-corrected chi connectivity index (χ4v) is 1.45. The lowest BCUT2D eigenvalue weighted by atomic mass is 10.1. The lowest BCUT2D eigenvalue weighted by Crippen LogP contribution is -1.90. The van der Waals surface area contributed by atoms with Crippen molar-refractivity contribution in [3.8, 4) is 17.2 Å². The van der Waals surface area contributed by atoms with Gasteiger partial charge in [0.2, 0.25) is 0 Å². The summed E-state index contributed by atoms with van der Waals surface area (Å²) in [6.07, 6.45) is 0. The fourth-order valence-electron chi connectivity index (χ4n) is 1.45. The van der Waals surface area contributed by atoms with Crippen molar-refractivity contribution in [2.45, 2.75) is 13.2 Å². The second-order valence-corrected chi connectivity index (χ2v) is 2.90. The molecule has 13 heavy (non-hydrogen) atoms. The van der Waals surface area contributed by atoms with Crippen molar-refractivity contribution < 1.29 is 19.7 Å². The first-order valence-corrected chi connectivity index (χ1v) is 3.92. The van der Waals surface area contributed by atoms with E-state index in [1.165, 1.54) is 13.2 Å². The van der Waals surface area contributed by atoms with Crippen molar-refractivity contribution in [3.63, 3.8) is 0 Å². The molecule has 1 heterocycles. The van der Waals surface area contributed by atoms with Crippen molar-refractivity contribution in [2.75, 3.05) is 7.11 Å². The molecule has 0 saturated heterocycles. The van der Waals surface area contributed by atoms with E-state index >= 15 is 0 Å². The second-order valence-electron chi connectivity index (χ2n) is 2.90. The third-order valence-corrected chi connectivity index (χ3v) is 2.17. The lowest BCUT2D eigenvalue weighted by molar-refractivity contribution is 0.132. The number of phenols is 2. The first-order valence-electron chi connectivity index (χ1n) is 3.92. The van der Waals surface area contributed by atoms with E-state index in [1.54, 1.807) is 0 Å².